The molecule has 0 aliphatic heterocycles. The summed E-state index contributed by atoms with van der Waals surface area (Å²) in [5, 5.41) is 15.4. The molecule has 0 saturated heterocycles. The van der Waals surface area contributed by atoms with E-state index in [9.17, 15) is 0 Å². The van der Waals surface area contributed by atoms with Crippen LogP contribution in [0.3, 0.4) is 0 Å². The highest BCUT2D eigenvalue weighted by Crippen LogP contribution is 2.40. The molecule has 0 radical (unpaired) electrons. The normalized spacial score (nSPS) is 11.8. The first kappa shape index (κ1) is 12.2. The molecule has 1 N–H and O–H groups in total. The number of fused-ring (bicyclic) bond motifs is 3. The van der Waals surface area contributed by atoms with Gasteiger partial charge in [0.25, 0.3) is 0 Å². The summed E-state index contributed by atoms with van der Waals surface area (Å²) in [4.78, 5) is 2.81. The number of benzene rings is 1. The Kier molecular flexibility index (Phi) is 2.77. The van der Waals surface area contributed by atoms with Gasteiger partial charge in [0.2, 0.25) is 0 Å². The summed E-state index contributed by atoms with van der Waals surface area (Å²) in [7, 11) is 0. The molecule has 0 fully saturated rings. The summed E-state index contributed by atoms with van der Waals surface area (Å²) in [6.45, 7) is 0.396. The van der Waals surface area contributed by atoms with Crippen molar-refractivity contribution in [3.63, 3.8) is 0 Å². The van der Waals surface area contributed by atoms with Gasteiger partial charge < -0.3 is 0 Å². The zero-order chi connectivity index (χ0) is 14.2. The second-order valence-corrected chi connectivity index (χ2v) is 5.78. The second-order valence-electron chi connectivity index (χ2n) is 5.00. The lowest BCUT2D eigenvalue weighted by atomic mass is 10.1. The van der Waals surface area contributed by atoms with Gasteiger partial charge in [0, 0.05) is 33.4 Å². The molecule has 2 heterocycles. The average molecular weight is 293 g/mol. The number of nitrogens with zero attached hydrogens (tertiary/aromatic N) is 4. The lowest BCUT2D eigenvalue weighted by Crippen LogP contribution is -1.88. The van der Waals surface area contributed by atoms with E-state index in [0.29, 0.717) is 6.54 Å². The van der Waals surface area contributed by atoms with E-state index in [4.69, 9.17) is 5.53 Å². The van der Waals surface area contributed by atoms with E-state index in [-0.39, 0.29) is 0 Å². The lowest BCUT2D eigenvalue weighted by molar-refractivity contribution is 1.04. The van der Waals surface area contributed by atoms with Crippen LogP contribution in [0.1, 0.15) is 16.7 Å². The topological polar surface area (TPSA) is 77.4 Å². The molecule has 0 amide bonds. The van der Waals surface area contributed by atoms with Crippen LogP contribution in [-0.2, 0) is 13.0 Å². The van der Waals surface area contributed by atoms with Crippen LogP contribution in [0.15, 0.2) is 40.1 Å². The van der Waals surface area contributed by atoms with Gasteiger partial charge in [-0.2, -0.15) is 16.4 Å². The molecule has 3 aromatic rings. The van der Waals surface area contributed by atoms with Gasteiger partial charge in [0.1, 0.15) is 0 Å². The van der Waals surface area contributed by atoms with Crippen molar-refractivity contribution in [2.45, 2.75) is 13.0 Å². The maximum absolute atomic E-state index is 8.42. The zero-order valence-electron chi connectivity index (χ0n) is 11.1. The predicted octanol–water partition coefficient (Wildman–Crippen LogP) is 4.52. The summed E-state index contributed by atoms with van der Waals surface area (Å²) >= 11 is 1.68. The molecule has 0 atom stereocenters. The van der Waals surface area contributed by atoms with E-state index in [1.807, 2.05) is 6.07 Å². The Morgan fingerprint density at radius 2 is 2.33 bits per heavy atom. The smallest absolute Gasteiger partial charge is 0.0970 e. The molecular weight excluding hydrogens is 282 g/mol. The van der Waals surface area contributed by atoms with E-state index in [0.717, 1.165) is 23.4 Å². The number of azide groups is 1. The van der Waals surface area contributed by atoms with Crippen LogP contribution in [0.4, 0.5) is 0 Å². The minimum Gasteiger partial charge on any atom is -0.277 e. The van der Waals surface area contributed by atoms with Crippen LogP contribution in [0, 0.1) is 0 Å². The first-order chi connectivity index (χ1) is 10.4. The Bertz CT molecular complexity index is 856. The fourth-order valence-corrected chi connectivity index (χ4v) is 3.48. The van der Waals surface area contributed by atoms with Crippen LogP contribution in [0.25, 0.3) is 33.0 Å². The molecular formula is C15H11N5S. The molecule has 4 rings (SSSR count). The van der Waals surface area contributed by atoms with Crippen molar-refractivity contribution in [1.82, 2.24) is 10.2 Å². The van der Waals surface area contributed by atoms with Crippen LogP contribution in [0.2, 0.25) is 0 Å². The quantitative estimate of drug-likeness (QED) is 0.336. The van der Waals surface area contributed by atoms with Crippen molar-refractivity contribution in [2.75, 3.05) is 0 Å². The summed E-state index contributed by atoms with van der Waals surface area (Å²) < 4.78 is 0. The van der Waals surface area contributed by atoms with Crippen molar-refractivity contribution in [2.24, 2.45) is 5.11 Å². The van der Waals surface area contributed by atoms with Crippen LogP contribution in [0.5, 0.6) is 0 Å². The Morgan fingerprint density at radius 3 is 3.14 bits per heavy atom. The molecule has 0 saturated carbocycles. The van der Waals surface area contributed by atoms with Gasteiger partial charge in [-0.3, -0.25) is 5.10 Å². The minimum atomic E-state index is 0.396. The number of hydrogen-bond donors (Lipinski definition) is 1. The van der Waals surface area contributed by atoms with Crippen molar-refractivity contribution in [3.8, 4) is 22.5 Å². The van der Waals surface area contributed by atoms with E-state index in [2.05, 4.69) is 49.2 Å². The number of aromatic nitrogens is 2. The van der Waals surface area contributed by atoms with E-state index in [1.54, 1.807) is 11.3 Å². The monoisotopic (exact) mass is 293 g/mol. The molecule has 1 aliphatic rings. The molecule has 0 unspecified atom stereocenters. The van der Waals surface area contributed by atoms with Crippen molar-refractivity contribution >= 4 is 11.3 Å². The maximum atomic E-state index is 8.42. The zero-order valence-corrected chi connectivity index (χ0v) is 11.9. The number of hydrogen-bond acceptors (Lipinski definition) is 3. The SMILES string of the molecule is [N-]=[N+]=NCc1ccc2c(c1)Cc1c(-c3ccsc3)n[nH]c1-2. The Balaban J connectivity index is 1.76. The lowest BCUT2D eigenvalue weighted by Gasteiger charge is -2.02. The molecule has 1 aliphatic carbocycles. The predicted molar refractivity (Wildman–Crippen MR) is 83.0 cm³/mol. The molecule has 6 heteroatoms. The fourth-order valence-electron chi connectivity index (χ4n) is 2.84. The van der Waals surface area contributed by atoms with Crippen LogP contribution in [-0.4, -0.2) is 10.2 Å². The van der Waals surface area contributed by atoms with Gasteiger partial charge >= 0.3 is 0 Å². The highest BCUT2D eigenvalue weighted by molar-refractivity contribution is 7.08. The minimum absolute atomic E-state index is 0.396. The number of nitrogens with one attached hydrogen (secondary N) is 1. The molecule has 5 nitrogen and oxygen atoms in total. The Morgan fingerprint density at radius 1 is 1.38 bits per heavy atom. The Hall–Kier alpha value is -2.56. The first-order valence-corrected chi connectivity index (χ1v) is 7.54. The first-order valence-electron chi connectivity index (χ1n) is 6.59. The third-order valence-corrected chi connectivity index (χ3v) is 4.47. The van der Waals surface area contributed by atoms with Crippen molar-refractivity contribution in [1.29, 1.82) is 0 Å². The average Bonchev–Trinajstić information content (AvgIpc) is 3.19. The number of rotatable bonds is 3. The van der Waals surface area contributed by atoms with Crippen LogP contribution >= 0.6 is 11.3 Å². The number of H-pyrrole nitrogens is 1. The van der Waals surface area contributed by atoms with Gasteiger partial charge in [0.05, 0.1) is 17.9 Å². The molecule has 0 bridgehead atoms. The summed E-state index contributed by atoms with van der Waals surface area (Å²) in [6, 6.07) is 8.30. The van der Waals surface area contributed by atoms with Gasteiger partial charge in [-0.05, 0) is 28.1 Å². The third-order valence-electron chi connectivity index (χ3n) is 3.78. The van der Waals surface area contributed by atoms with Gasteiger partial charge in [-0.25, -0.2) is 0 Å². The third kappa shape index (κ3) is 1.93. The molecule has 0 spiro atoms. The number of thiophene rings is 1. The summed E-state index contributed by atoms with van der Waals surface area (Å²) in [5.74, 6) is 0. The Labute approximate surface area is 124 Å². The van der Waals surface area contributed by atoms with Gasteiger partial charge in [0.15, 0.2) is 0 Å². The summed E-state index contributed by atoms with van der Waals surface area (Å²) in [6.07, 6.45) is 0.871. The molecule has 2 aromatic heterocycles. The molecule has 102 valence electrons. The van der Waals surface area contributed by atoms with Gasteiger partial charge in [-0.15, -0.1) is 0 Å². The standard InChI is InChI=1S/C15H11N5S/c16-20-17-7-9-1-2-12-11(5-9)6-13-14(18-19-15(12)13)10-3-4-21-8-10/h1-5,8H,6-7H2,(H,18,19). The second kappa shape index (κ2) is 4.77. The number of aromatic amines is 1. The highest BCUT2D eigenvalue weighted by Gasteiger charge is 2.25. The molecule has 21 heavy (non-hydrogen) atoms. The maximum Gasteiger partial charge on any atom is 0.0970 e. The van der Waals surface area contributed by atoms with Crippen molar-refractivity contribution < 1.29 is 0 Å². The van der Waals surface area contributed by atoms with E-state index >= 15 is 0 Å². The summed E-state index contributed by atoms with van der Waals surface area (Å²) in [5.41, 5.74) is 16.5. The highest BCUT2D eigenvalue weighted by atomic mass is 32.1. The van der Waals surface area contributed by atoms with Crippen LogP contribution < -0.4 is 0 Å². The van der Waals surface area contributed by atoms with E-state index < -0.39 is 0 Å². The molecule has 1 aromatic carbocycles. The van der Waals surface area contributed by atoms with Gasteiger partial charge in [-0.1, -0.05) is 23.3 Å². The fraction of sp³-hybridized carbons (Fsp3) is 0.133. The van der Waals surface area contributed by atoms with E-state index in [1.165, 1.54) is 22.3 Å². The van der Waals surface area contributed by atoms with Crippen molar-refractivity contribution in [3.05, 3.63) is 62.2 Å². The largest absolute Gasteiger partial charge is 0.277 e.